The Hall–Kier alpha value is -1.47. The average molecular weight is 379 g/mol. The van der Waals surface area contributed by atoms with Crippen LogP contribution in [0.5, 0.6) is 0 Å². The van der Waals surface area contributed by atoms with Gasteiger partial charge in [-0.25, -0.2) is 4.90 Å². The molecule has 0 amide bonds. The number of aliphatic carboxylic acids is 1. The molecule has 0 aromatic rings. The molecule has 1 saturated heterocycles. The highest BCUT2D eigenvalue weighted by atomic mass is 16.7. The third kappa shape index (κ3) is 5.51. The van der Waals surface area contributed by atoms with Crippen LogP contribution in [0.15, 0.2) is 36.0 Å². The van der Waals surface area contributed by atoms with Gasteiger partial charge < -0.3 is 19.7 Å². The second-order valence-electron chi connectivity index (χ2n) is 8.94. The number of rotatable bonds is 6. The smallest absolute Gasteiger partial charge is 0.317 e. The number of carboxylic acid groups (broad SMARTS) is 1. The van der Waals surface area contributed by atoms with Crippen LogP contribution in [-0.2, 0) is 14.3 Å². The Morgan fingerprint density at radius 3 is 2.63 bits per heavy atom. The summed E-state index contributed by atoms with van der Waals surface area (Å²) in [5.41, 5.74) is -1.18. The summed E-state index contributed by atoms with van der Waals surface area (Å²) in [5.74, 6) is -0.874. The summed E-state index contributed by atoms with van der Waals surface area (Å²) in [6.07, 6.45) is 9.40. The Morgan fingerprint density at radius 1 is 1.37 bits per heavy atom. The number of nitrogens with zero attached hydrogens (tertiary/aromatic N) is 1. The second-order valence-corrected chi connectivity index (χ2v) is 8.94. The molecule has 3 unspecified atom stereocenters. The summed E-state index contributed by atoms with van der Waals surface area (Å²) in [6.45, 7) is 11.7. The zero-order valence-electron chi connectivity index (χ0n) is 17.2. The van der Waals surface area contributed by atoms with Gasteiger partial charge in [-0.2, -0.15) is 0 Å². The van der Waals surface area contributed by atoms with Crippen LogP contribution >= 0.6 is 0 Å². The first kappa shape index (κ1) is 21.8. The highest BCUT2D eigenvalue weighted by Crippen LogP contribution is 2.34. The number of hydrogen-bond donors (Lipinski definition) is 2. The number of allylic oxidation sites excluding steroid dienone is 4. The van der Waals surface area contributed by atoms with Crippen molar-refractivity contribution in [2.24, 2.45) is 5.41 Å². The fourth-order valence-corrected chi connectivity index (χ4v) is 3.47. The minimum absolute atomic E-state index is 0.0288. The van der Waals surface area contributed by atoms with Crippen molar-refractivity contribution in [1.29, 1.82) is 0 Å². The molecule has 2 N–H and O–H groups in total. The average Bonchev–Trinajstić information content (AvgIpc) is 2.68. The summed E-state index contributed by atoms with van der Waals surface area (Å²) in [5, 5.41) is 20.1. The Labute approximate surface area is 162 Å². The van der Waals surface area contributed by atoms with Gasteiger partial charge in [0.25, 0.3) is 0 Å². The monoisotopic (exact) mass is 379 g/mol. The third-order valence-electron chi connectivity index (χ3n) is 4.92. The summed E-state index contributed by atoms with van der Waals surface area (Å²) < 4.78 is 11.6. The van der Waals surface area contributed by atoms with E-state index in [2.05, 4.69) is 0 Å². The van der Waals surface area contributed by atoms with Crippen molar-refractivity contribution >= 4 is 5.97 Å². The maximum atomic E-state index is 11.6. The van der Waals surface area contributed by atoms with E-state index in [0.29, 0.717) is 13.0 Å². The minimum Gasteiger partial charge on any atom is -0.480 e. The molecule has 1 aliphatic heterocycles. The largest absolute Gasteiger partial charge is 0.480 e. The Bertz CT molecular complexity index is 643. The first-order valence-corrected chi connectivity index (χ1v) is 9.43. The molecule has 27 heavy (non-hydrogen) atoms. The van der Waals surface area contributed by atoms with Crippen LogP contribution in [0, 0.1) is 5.41 Å². The van der Waals surface area contributed by atoms with E-state index in [1.807, 2.05) is 51.7 Å². The van der Waals surface area contributed by atoms with E-state index in [1.165, 1.54) is 0 Å². The predicted octanol–water partition coefficient (Wildman–Crippen LogP) is 3.44. The maximum absolute atomic E-state index is 11.6. The fraction of sp³-hybridized carbons (Fsp3) is 0.667. The van der Waals surface area contributed by atoms with E-state index in [1.54, 1.807) is 25.2 Å². The van der Waals surface area contributed by atoms with Crippen LogP contribution < -0.4 is 0 Å². The van der Waals surface area contributed by atoms with Crippen molar-refractivity contribution < 1.29 is 24.5 Å². The van der Waals surface area contributed by atoms with Gasteiger partial charge in [0.2, 0.25) is 6.41 Å². The molecule has 6 heteroatoms. The second kappa shape index (κ2) is 7.87. The van der Waals surface area contributed by atoms with Crippen molar-refractivity contribution in [3.63, 3.8) is 0 Å². The van der Waals surface area contributed by atoms with Gasteiger partial charge in [0.1, 0.15) is 11.1 Å². The van der Waals surface area contributed by atoms with Gasteiger partial charge in [0.05, 0.1) is 12.2 Å². The number of carboxylic acids is 1. The molecule has 1 aliphatic carbocycles. The maximum Gasteiger partial charge on any atom is 0.317 e. The molecule has 0 saturated carbocycles. The van der Waals surface area contributed by atoms with Crippen LogP contribution in [0.1, 0.15) is 54.4 Å². The van der Waals surface area contributed by atoms with Crippen molar-refractivity contribution in [3.8, 4) is 0 Å². The SMILES string of the molecule is CC(C)(C)OC(O)N1C(CCC2=CC(C)(C(=O)O)C=CC=C2)COC1(C)C. The number of hydrogen-bond acceptors (Lipinski definition) is 5. The zero-order valence-corrected chi connectivity index (χ0v) is 17.2. The normalized spacial score (nSPS) is 29.4. The van der Waals surface area contributed by atoms with Crippen LogP contribution in [0.2, 0.25) is 0 Å². The molecule has 0 aromatic carbocycles. The molecule has 1 fully saturated rings. The quantitative estimate of drug-likeness (QED) is 0.688. The van der Waals surface area contributed by atoms with E-state index in [9.17, 15) is 15.0 Å². The van der Waals surface area contributed by atoms with Gasteiger partial charge in [0, 0.05) is 6.04 Å². The molecule has 6 nitrogen and oxygen atoms in total. The molecule has 2 aliphatic rings. The standard InChI is InChI=1S/C21H33NO5/c1-19(2,3)27-18(25)22-16(14-26-20(22,4)5)11-10-15-9-7-8-12-21(6,13-15)17(23)24/h7-9,12-13,16,18,25H,10-11,14H2,1-6H3,(H,23,24). The van der Waals surface area contributed by atoms with Crippen molar-refractivity contribution in [2.75, 3.05) is 6.61 Å². The van der Waals surface area contributed by atoms with Gasteiger partial charge >= 0.3 is 5.97 Å². The molecular formula is C21H33NO5. The predicted molar refractivity (Wildman–Crippen MR) is 104 cm³/mol. The lowest BCUT2D eigenvalue weighted by Crippen LogP contribution is -2.53. The Balaban J connectivity index is 2.11. The lowest BCUT2D eigenvalue weighted by Gasteiger charge is -2.39. The number of carbonyl (C=O) groups is 1. The highest BCUT2D eigenvalue weighted by molar-refractivity contribution is 5.79. The Morgan fingerprint density at radius 2 is 2.04 bits per heavy atom. The topological polar surface area (TPSA) is 79.2 Å². The minimum atomic E-state index is -1.07. The molecule has 3 atom stereocenters. The zero-order chi connectivity index (χ0) is 20.5. The molecular weight excluding hydrogens is 346 g/mol. The van der Waals surface area contributed by atoms with Gasteiger partial charge in [-0.05, 0) is 54.4 Å². The van der Waals surface area contributed by atoms with Crippen LogP contribution in [0.3, 0.4) is 0 Å². The number of aliphatic hydroxyl groups is 1. The summed E-state index contributed by atoms with van der Waals surface area (Å²) in [6, 6.07) is -0.0288. The highest BCUT2D eigenvalue weighted by Gasteiger charge is 2.45. The van der Waals surface area contributed by atoms with E-state index < -0.39 is 29.1 Å². The lowest BCUT2D eigenvalue weighted by atomic mass is 9.87. The number of aliphatic hydroxyl groups excluding tert-OH is 1. The van der Waals surface area contributed by atoms with Crippen molar-refractivity contribution in [2.45, 2.75) is 78.2 Å². The van der Waals surface area contributed by atoms with E-state index in [4.69, 9.17) is 9.47 Å². The van der Waals surface area contributed by atoms with Crippen LogP contribution in [0.4, 0.5) is 0 Å². The van der Waals surface area contributed by atoms with Gasteiger partial charge in [-0.1, -0.05) is 36.0 Å². The first-order valence-electron chi connectivity index (χ1n) is 9.43. The van der Waals surface area contributed by atoms with Crippen molar-refractivity contribution in [3.05, 3.63) is 36.0 Å². The van der Waals surface area contributed by atoms with Gasteiger partial charge in [-0.15, -0.1) is 0 Å². The molecule has 2 rings (SSSR count). The van der Waals surface area contributed by atoms with Gasteiger partial charge in [-0.3, -0.25) is 4.79 Å². The van der Waals surface area contributed by atoms with Crippen LogP contribution in [-0.4, -0.2) is 51.5 Å². The molecule has 1 heterocycles. The van der Waals surface area contributed by atoms with Gasteiger partial charge in [0.15, 0.2) is 0 Å². The molecule has 0 aromatic heterocycles. The summed E-state index contributed by atoms with van der Waals surface area (Å²) in [4.78, 5) is 13.4. The summed E-state index contributed by atoms with van der Waals surface area (Å²) >= 11 is 0. The van der Waals surface area contributed by atoms with Crippen molar-refractivity contribution in [1.82, 2.24) is 4.90 Å². The summed E-state index contributed by atoms with van der Waals surface area (Å²) in [7, 11) is 0. The fourth-order valence-electron chi connectivity index (χ4n) is 3.47. The van der Waals surface area contributed by atoms with E-state index >= 15 is 0 Å². The Kier molecular flexibility index (Phi) is 6.37. The third-order valence-corrected chi connectivity index (χ3v) is 4.92. The molecule has 152 valence electrons. The van der Waals surface area contributed by atoms with Crippen LogP contribution in [0.25, 0.3) is 0 Å². The van der Waals surface area contributed by atoms with E-state index in [0.717, 1.165) is 12.0 Å². The molecule has 0 radical (unpaired) electrons. The lowest BCUT2D eigenvalue weighted by molar-refractivity contribution is -0.277. The number of ether oxygens (including phenoxy) is 2. The molecule has 0 bridgehead atoms. The molecule has 0 spiro atoms. The first-order chi connectivity index (χ1) is 12.3. The van der Waals surface area contributed by atoms with E-state index in [-0.39, 0.29) is 6.04 Å².